The Kier molecular flexibility index (Phi) is 4.31. The van der Waals surface area contributed by atoms with E-state index in [9.17, 15) is 4.79 Å². The number of H-pyrrole nitrogens is 1. The Bertz CT molecular complexity index is 857. The summed E-state index contributed by atoms with van der Waals surface area (Å²) < 4.78 is 5.83. The van der Waals surface area contributed by atoms with E-state index in [-0.39, 0.29) is 12.0 Å². The second-order valence-electron chi connectivity index (χ2n) is 6.07. The molecule has 25 heavy (non-hydrogen) atoms. The summed E-state index contributed by atoms with van der Waals surface area (Å²) in [6, 6.07) is 17.6. The Hall–Kier alpha value is -2.92. The van der Waals surface area contributed by atoms with Crippen LogP contribution in [0.15, 0.2) is 60.8 Å². The molecule has 2 heterocycles. The molecule has 0 radical (unpaired) electrons. The third-order valence-electron chi connectivity index (χ3n) is 4.50. The van der Waals surface area contributed by atoms with Crippen molar-refractivity contribution in [1.29, 1.82) is 0 Å². The van der Waals surface area contributed by atoms with Crippen molar-refractivity contribution in [2.75, 3.05) is 13.2 Å². The van der Waals surface area contributed by atoms with Crippen LogP contribution in [0.4, 0.5) is 0 Å². The summed E-state index contributed by atoms with van der Waals surface area (Å²) in [6.45, 7) is 1.16. The largest absolute Gasteiger partial charge is 0.371 e. The third kappa shape index (κ3) is 3.32. The van der Waals surface area contributed by atoms with Gasteiger partial charge in [-0.25, -0.2) is 0 Å². The van der Waals surface area contributed by atoms with Crippen LogP contribution in [0.3, 0.4) is 0 Å². The first-order valence-corrected chi connectivity index (χ1v) is 8.39. The van der Waals surface area contributed by atoms with E-state index in [0.717, 1.165) is 17.7 Å². The highest BCUT2D eigenvalue weighted by molar-refractivity contribution is 5.94. The van der Waals surface area contributed by atoms with E-state index in [0.29, 0.717) is 18.7 Å². The van der Waals surface area contributed by atoms with Crippen LogP contribution >= 0.6 is 0 Å². The highest BCUT2D eigenvalue weighted by atomic mass is 16.5. The quantitative estimate of drug-likeness (QED) is 0.771. The Balaban J connectivity index is 1.41. The van der Waals surface area contributed by atoms with Crippen LogP contribution in [0.25, 0.3) is 11.3 Å². The number of ether oxygens (including phenoxy) is 1. The molecule has 0 bridgehead atoms. The lowest BCUT2D eigenvalue weighted by Gasteiger charge is -2.26. The molecule has 0 fully saturated rings. The number of aromatic amines is 1. The molecular weight excluding hydrogens is 314 g/mol. The first kappa shape index (κ1) is 15.6. The van der Waals surface area contributed by atoms with Gasteiger partial charge >= 0.3 is 0 Å². The second-order valence-corrected chi connectivity index (χ2v) is 6.07. The van der Waals surface area contributed by atoms with Crippen molar-refractivity contribution in [2.24, 2.45) is 0 Å². The number of amides is 1. The lowest BCUT2D eigenvalue weighted by atomic mass is 9.97. The predicted molar refractivity (Wildman–Crippen MR) is 95.2 cm³/mol. The molecule has 3 aromatic rings. The number of nitrogens with zero attached hydrogens (tertiary/aromatic N) is 1. The lowest BCUT2D eigenvalue weighted by molar-refractivity contribution is 0.0411. The molecule has 1 aliphatic rings. The van der Waals surface area contributed by atoms with E-state index in [4.69, 9.17) is 4.74 Å². The Morgan fingerprint density at radius 1 is 1.16 bits per heavy atom. The minimum absolute atomic E-state index is 0.0850. The van der Waals surface area contributed by atoms with Crippen LogP contribution < -0.4 is 5.32 Å². The molecule has 0 saturated heterocycles. The number of hydrogen-bond acceptors (Lipinski definition) is 3. The second kappa shape index (κ2) is 6.91. The van der Waals surface area contributed by atoms with Crippen LogP contribution in [0.5, 0.6) is 0 Å². The van der Waals surface area contributed by atoms with E-state index < -0.39 is 0 Å². The van der Waals surface area contributed by atoms with E-state index in [1.54, 1.807) is 6.20 Å². The topological polar surface area (TPSA) is 67.0 Å². The number of nitrogens with one attached hydrogen (secondary N) is 2. The first-order valence-electron chi connectivity index (χ1n) is 8.39. The van der Waals surface area contributed by atoms with Gasteiger partial charge in [0.2, 0.25) is 0 Å². The molecule has 126 valence electrons. The van der Waals surface area contributed by atoms with Crippen LogP contribution in [0.1, 0.15) is 27.6 Å². The van der Waals surface area contributed by atoms with Gasteiger partial charge in [-0.15, -0.1) is 0 Å². The summed E-state index contributed by atoms with van der Waals surface area (Å²) in [5, 5.41) is 9.83. The average Bonchev–Trinajstić information content (AvgIpc) is 3.21. The van der Waals surface area contributed by atoms with Crippen LogP contribution in [-0.4, -0.2) is 29.3 Å². The number of carbonyl (C=O) groups excluding carboxylic acids is 1. The van der Waals surface area contributed by atoms with Crippen molar-refractivity contribution in [2.45, 2.75) is 12.5 Å². The van der Waals surface area contributed by atoms with Crippen molar-refractivity contribution in [3.8, 4) is 11.3 Å². The minimum atomic E-state index is -0.0946. The summed E-state index contributed by atoms with van der Waals surface area (Å²) in [5.41, 5.74) is 5.03. The molecule has 1 atom stereocenters. The molecule has 1 aliphatic heterocycles. The fourth-order valence-electron chi connectivity index (χ4n) is 3.15. The van der Waals surface area contributed by atoms with Crippen molar-refractivity contribution >= 4 is 5.91 Å². The minimum Gasteiger partial charge on any atom is -0.371 e. The number of benzene rings is 2. The van der Waals surface area contributed by atoms with Crippen molar-refractivity contribution in [3.05, 3.63) is 77.5 Å². The number of carbonyl (C=O) groups is 1. The molecule has 1 amide bonds. The van der Waals surface area contributed by atoms with Gasteiger partial charge in [0.15, 0.2) is 0 Å². The highest BCUT2D eigenvalue weighted by Gasteiger charge is 2.21. The molecule has 5 nitrogen and oxygen atoms in total. The monoisotopic (exact) mass is 333 g/mol. The zero-order valence-corrected chi connectivity index (χ0v) is 13.7. The number of hydrogen-bond donors (Lipinski definition) is 2. The average molecular weight is 333 g/mol. The Morgan fingerprint density at radius 2 is 2.00 bits per heavy atom. The van der Waals surface area contributed by atoms with Gasteiger partial charge < -0.3 is 10.1 Å². The molecule has 2 aromatic carbocycles. The maximum atomic E-state index is 12.4. The van der Waals surface area contributed by atoms with Crippen molar-refractivity contribution in [3.63, 3.8) is 0 Å². The van der Waals surface area contributed by atoms with Gasteiger partial charge in [0.1, 0.15) is 6.10 Å². The maximum absolute atomic E-state index is 12.4. The van der Waals surface area contributed by atoms with E-state index >= 15 is 0 Å². The van der Waals surface area contributed by atoms with Crippen molar-refractivity contribution in [1.82, 2.24) is 15.5 Å². The predicted octanol–water partition coefficient (Wildman–Crippen LogP) is 3.12. The SMILES string of the molecule is O=C(NC[C@@H]1OCCc2ccccc21)c1ccc(-c2ccn[nH]2)cc1. The van der Waals surface area contributed by atoms with Gasteiger partial charge in [0.05, 0.1) is 12.3 Å². The summed E-state index contributed by atoms with van der Waals surface area (Å²) in [6.07, 6.45) is 2.55. The molecule has 0 aliphatic carbocycles. The third-order valence-corrected chi connectivity index (χ3v) is 4.50. The maximum Gasteiger partial charge on any atom is 0.251 e. The Labute approximate surface area is 146 Å². The normalized spacial score (nSPS) is 16.2. The number of fused-ring (bicyclic) bond motifs is 1. The molecule has 0 spiro atoms. The molecule has 5 heteroatoms. The Morgan fingerprint density at radius 3 is 2.80 bits per heavy atom. The zero-order valence-electron chi connectivity index (χ0n) is 13.7. The molecular formula is C20H19N3O2. The molecule has 1 aromatic heterocycles. The molecule has 0 saturated carbocycles. The van der Waals surface area contributed by atoms with E-state index in [2.05, 4.69) is 27.6 Å². The summed E-state index contributed by atoms with van der Waals surface area (Å²) in [7, 11) is 0. The summed E-state index contributed by atoms with van der Waals surface area (Å²) >= 11 is 0. The fourth-order valence-corrected chi connectivity index (χ4v) is 3.15. The standard InChI is InChI=1S/C20H19N3O2/c24-20(16-7-5-15(6-8-16)18-9-11-22-23-18)21-13-19-17-4-2-1-3-14(17)10-12-25-19/h1-9,11,19H,10,12-13H2,(H,21,24)(H,22,23)/t19-/m0/s1. The van der Waals surface area contributed by atoms with Gasteiger partial charge in [0.25, 0.3) is 5.91 Å². The number of aromatic nitrogens is 2. The summed E-state index contributed by atoms with van der Waals surface area (Å²) in [4.78, 5) is 12.4. The van der Waals surface area contributed by atoms with E-state index in [1.807, 2.05) is 42.5 Å². The van der Waals surface area contributed by atoms with Crippen LogP contribution in [0, 0.1) is 0 Å². The van der Waals surface area contributed by atoms with Gasteiger partial charge in [-0.1, -0.05) is 36.4 Å². The first-order chi connectivity index (χ1) is 12.3. The smallest absolute Gasteiger partial charge is 0.251 e. The lowest BCUT2D eigenvalue weighted by Crippen LogP contribution is -2.31. The van der Waals surface area contributed by atoms with Gasteiger partial charge in [0, 0.05) is 18.3 Å². The van der Waals surface area contributed by atoms with Gasteiger partial charge in [-0.2, -0.15) is 5.10 Å². The molecule has 2 N–H and O–H groups in total. The molecule has 4 rings (SSSR count). The van der Waals surface area contributed by atoms with Gasteiger partial charge in [-0.05, 0) is 41.3 Å². The van der Waals surface area contributed by atoms with E-state index in [1.165, 1.54) is 11.1 Å². The van der Waals surface area contributed by atoms with Crippen LogP contribution in [-0.2, 0) is 11.2 Å². The highest BCUT2D eigenvalue weighted by Crippen LogP contribution is 2.26. The zero-order chi connectivity index (χ0) is 17.1. The van der Waals surface area contributed by atoms with Crippen LogP contribution in [0.2, 0.25) is 0 Å². The van der Waals surface area contributed by atoms with Crippen molar-refractivity contribution < 1.29 is 9.53 Å². The fraction of sp³-hybridized carbons (Fsp3) is 0.200. The molecule has 0 unspecified atom stereocenters. The number of rotatable bonds is 4. The van der Waals surface area contributed by atoms with Gasteiger partial charge in [-0.3, -0.25) is 9.89 Å². The summed E-state index contributed by atoms with van der Waals surface area (Å²) in [5.74, 6) is -0.0946.